The number of hydrogen-bond donors (Lipinski definition) is 0. The van der Waals surface area contributed by atoms with Crippen molar-refractivity contribution in [2.75, 3.05) is 11.9 Å². The van der Waals surface area contributed by atoms with Crippen LogP contribution in [0.4, 0.5) is 5.69 Å². The van der Waals surface area contributed by atoms with Gasteiger partial charge in [-0.2, -0.15) is 0 Å². The second-order valence-electron chi connectivity index (χ2n) is 3.51. The van der Waals surface area contributed by atoms with E-state index in [1.807, 2.05) is 13.1 Å². The van der Waals surface area contributed by atoms with Crippen LogP contribution in [-0.4, -0.2) is 7.05 Å². The van der Waals surface area contributed by atoms with Crippen LogP contribution in [-0.2, 0) is 6.42 Å². The van der Waals surface area contributed by atoms with Gasteiger partial charge in [-0.05, 0) is 23.3 Å². The molecule has 1 aliphatic rings. The molecule has 0 saturated carbocycles. The molecule has 1 aromatic rings. The zero-order valence-corrected chi connectivity index (χ0v) is 9.76. The van der Waals surface area contributed by atoms with Crippen LogP contribution in [0.1, 0.15) is 11.1 Å². The van der Waals surface area contributed by atoms with Gasteiger partial charge in [-0.15, -0.1) is 0 Å². The van der Waals surface area contributed by atoms with Crippen LogP contribution in [0.2, 0.25) is 0 Å². The zero-order chi connectivity index (χ0) is 10.3. The summed E-state index contributed by atoms with van der Waals surface area (Å²) < 4.78 is 1.09. The molecular formula is C12H12BrN. The zero-order valence-electron chi connectivity index (χ0n) is 8.18. The number of benzene rings is 1. The number of halogens is 1. The predicted molar refractivity (Wildman–Crippen MR) is 65.5 cm³/mol. The Morgan fingerprint density at radius 2 is 2.21 bits per heavy atom. The lowest BCUT2D eigenvalue weighted by molar-refractivity contribution is 1.11. The fraction of sp³-hybridized carbons (Fsp3) is 0.167. The molecule has 0 fully saturated rings. The number of nitrogens with zero attached hydrogens (tertiary/aromatic N) is 1. The van der Waals surface area contributed by atoms with Crippen molar-refractivity contribution in [3.8, 4) is 0 Å². The van der Waals surface area contributed by atoms with Gasteiger partial charge < -0.3 is 4.90 Å². The van der Waals surface area contributed by atoms with Crippen molar-refractivity contribution in [3.63, 3.8) is 0 Å². The van der Waals surface area contributed by atoms with Gasteiger partial charge in [-0.25, -0.2) is 0 Å². The van der Waals surface area contributed by atoms with Crippen molar-refractivity contribution >= 4 is 27.7 Å². The number of anilines is 1. The van der Waals surface area contributed by atoms with E-state index in [1.54, 1.807) is 0 Å². The summed E-state index contributed by atoms with van der Waals surface area (Å²) in [6.45, 7) is 7.81. The van der Waals surface area contributed by atoms with Crippen LogP contribution < -0.4 is 4.90 Å². The summed E-state index contributed by atoms with van der Waals surface area (Å²) in [5.41, 5.74) is 4.86. The maximum Gasteiger partial charge on any atom is 0.0453 e. The highest BCUT2D eigenvalue weighted by atomic mass is 79.9. The normalized spacial score (nSPS) is 14.4. The van der Waals surface area contributed by atoms with E-state index >= 15 is 0 Å². The highest BCUT2D eigenvalue weighted by molar-refractivity contribution is 9.10. The van der Waals surface area contributed by atoms with Crippen LogP contribution in [0.25, 0.3) is 6.08 Å². The highest BCUT2D eigenvalue weighted by Crippen LogP contribution is 2.36. The minimum atomic E-state index is 0.944. The third kappa shape index (κ3) is 1.30. The van der Waals surface area contributed by atoms with Gasteiger partial charge in [-0.1, -0.05) is 35.2 Å². The molecule has 1 heterocycles. The van der Waals surface area contributed by atoms with Gasteiger partial charge in [0.1, 0.15) is 0 Å². The molecule has 0 spiro atoms. The van der Waals surface area contributed by atoms with Gasteiger partial charge in [-0.3, -0.25) is 0 Å². The van der Waals surface area contributed by atoms with E-state index < -0.39 is 0 Å². The molecule has 0 radical (unpaired) electrons. The molecule has 0 saturated heterocycles. The summed E-state index contributed by atoms with van der Waals surface area (Å²) >= 11 is 3.53. The highest BCUT2D eigenvalue weighted by Gasteiger charge is 2.20. The Morgan fingerprint density at radius 3 is 2.86 bits per heavy atom. The Labute approximate surface area is 92.9 Å². The first-order valence-electron chi connectivity index (χ1n) is 4.50. The molecular weight excluding hydrogens is 238 g/mol. The van der Waals surface area contributed by atoms with Crippen molar-refractivity contribution < 1.29 is 0 Å². The first-order valence-corrected chi connectivity index (χ1v) is 5.29. The molecule has 1 aromatic carbocycles. The minimum absolute atomic E-state index is 0.944. The van der Waals surface area contributed by atoms with Crippen molar-refractivity contribution in [1.82, 2.24) is 0 Å². The molecule has 1 aliphatic heterocycles. The Kier molecular flexibility index (Phi) is 2.23. The lowest BCUT2D eigenvalue weighted by Gasteiger charge is -2.14. The van der Waals surface area contributed by atoms with Gasteiger partial charge in [0.2, 0.25) is 0 Å². The van der Waals surface area contributed by atoms with Gasteiger partial charge in [0.25, 0.3) is 0 Å². The van der Waals surface area contributed by atoms with Crippen molar-refractivity contribution in [3.05, 3.63) is 46.6 Å². The average molecular weight is 250 g/mol. The first-order chi connectivity index (χ1) is 6.63. The lowest BCUT2D eigenvalue weighted by Crippen LogP contribution is -2.09. The van der Waals surface area contributed by atoms with Gasteiger partial charge in [0.05, 0.1) is 0 Å². The van der Waals surface area contributed by atoms with Gasteiger partial charge in [0.15, 0.2) is 0 Å². The average Bonchev–Trinajstić information content (AvgIpc) is 2.43. The number of hydrogen-bond acceptors (Lipinski definition) is 1. The fourth-order valence-electron chi connectivity index (χ4n) is 1.75. The summed E-state index contributed by atoms with van der Waals surface area (Å²) in [6.07, 6.45) is 2.81. The number of rotatable bonds is 1. The third-order valence-corrected chi connectivity index (χ3v) is 3.33. The van der Waals surface area contributed by atoms with Crippen LogP contribution >= 0.6 is 15.9 Å². The maximum absolute atomic E-state index is 4.02. The van der Waals surface area contributed by atoms with Crippen LogP contribution in [0.5, 0.6) is 0 Å². The van der Waals surface area contributed by atoms with E-state index in [4.69, 9.17) is 0 Å². The molecule has 0 aromatic heterocycles. The monoisotopic (exact) mass is 249 g/mol. The van der Waals surface area contributed by atoms with Crippen molar-refractivity contribution in [2.45, 2.75) is 6.42 Å². The van der Waals surface area contributed by atoms with Gasteiger partial charge in [0, 0.05) is 29.3 Å². The molecule has 2 rings (SSSR count). The molecule has 0 amide bonds. The second kappa shape index (κ2) is 3.28. The molecule has 14 heavy (non-hydrogen) atoms. The van der Waals surface area contributed by atoms with E-state index in [0.29, 0.717) is 0 Å². The Bertz CT molecular complexity index is 421. The summed E-state index contributed by atoms with van der Waals surface area (Å²) in [5, 5.41) is 0. The van der Waals surface area contributed by atoms with E-state index in [1.165, 1.54) is 11.3 Å². The van der Waals surface area contributed by atoms with Crippen LogP contribution in [0.15, 0.2) is 35.5 Å². The summed E-state index contributed by atoms with van der Waals surface area (Å²) in [5.74, 6) is 0. The lowest BCUT2D eigenvalue weighted by atomic mass is 10.1. The third-order valence-electron chi connectivity index (χ3n) is 2.65. The molecule has 1 nitrogen and oxygen atoms in total. The first kappa shape index (κ1) is 9.53. The van der Waals surface area contributed by atoms with Crippen LogP contribution in [0.3, 0.4) is 0 Å². The standard InChI is InChI=1S/C12H12BrN/c1-4-9-6-10-5-8(2)14(3)12(10)7-11(9)13/h4,6-7H,1-2,5H2,3H3. The molecule has 72 valence electrons. The van der Waals surface area contributed by atoms with Crippen molar-refractivity contribution in [2.24, 2.45) is 0 Å². The molecule has 0 bridgehead atoms. The fourth-order valence-corrected chi connectivity index (χ4v) is 2.24. The minimum Gasteiger partial charge on any atom is -0.348 e. The van der Waals surface area contributed by atoms with E-state index in [9.17, 15) is 0 Å². The van der Waals surface area contributed by atoms with Crippen molar-refractivity contribution in [1.29, 1.82) is 0 Å². The molecule has 0 N–H and O–H groups in total. The number of allylic oxidation sites excluding steroid dienone is 1. The molecule has 0 atom stereocenters. The maximum atomic E-state index is 4.02. The Balaban J connectivity index is 2.59. The van der Waals surface area contributed by atoms with E-state index in [0.717, 1.165) is 22.2 Å². The molecule has 0 unspecified atom stereocenters. The Morgan fingerprint density at radius 1 is 1.50 bits per heavy atom. The smallest absolute Gasteiger partial charge is 0.0453 e. The quantitative estimate of drug-likeness (QED) is 0.736. The molecule has 0 aliphatic carbocycles. The van der Waals surface area contributed by atoms with E-state index in [2.05, 4.69) is 46.1 Å². The Hall–Kier alpha value is -1.02. The van der Waals surface area contributed by atoms with Crippen LogP contribution in [0, 0.1) is 0 Å². The molecule has 2 heteroatoms. The summed E-state index contributed by atoms with van der Waals surface area (Å²) in [7, 11) is 2.05. The summed E-state index contributed by atoms with van der Waals surface area (Å²) in [6, 6.07) is 4.30. The largest absolute Gasteiger partial charge is 0.348 e. The summed E-state index contributed by atoms with van der Waals surface area (Å²) in [4.78, 5) is 2.13. The van der Waals surface area contributed by atoms with E-state index in [-0.39, 0.29) is 0 Å². The number of fused-ring (bicyclic) bond motifs is 1. The van der Waals surface area contributed by atoms with Gasteiger partial charge >= 0.3 is 0 Å². The predicted octanol–water partition coefficient (Wildman–Crippen LogP) is 3.60. The SMILES string of the molecule is C=Cc1cc2c(cc1Br)N(C)C(=C)C2. The number of likely N-dealkylation sites (N-methyl/N-ethyl adjacent to an activating group) is 1. The second-order valence-corrected chi connectivity index (χ2v) is 4.36. The topological polar surface area (TPSA) is 3.24 Å².